The van der Waals surface area contributed by atoms with Crippen molar-refractivity contribution in [2.75, 3.05) is 17.7 Å². The lowest BCUT2D eigenvalue weighted by molar-refractivity contribution is -0.113. The number of ether oxygens (including phenoxy) is 1. The number of halogens is 1. The number of nitrogens with zero attached hydrogens (tertiary/aromatic N) is 2. The Bertz CT molecular complexity index is 1070. The number of para-hydroxylation sites is 2. The summed E-state index contributed by atoms with van der Waals surface area (Å²) in [4.78, 5) is 28.9. The minimum atomic E-state index is -0.472. The third-order valence-corrected chi connectivity index (χ3v) is 5.21. The van der Waals surface area contributed by atoms with E-state index < -0.39 is 11.4 Å². The molecule has 2 N–H and O–H groups in total. The second-order valence-electron chi connectivity index (χ2n) is 5.82. The monoisotopic (exact) mass is 475 g/mol. The third-order valence-electron chi connectivity index (χ3n) is 3.74. The summed E-state index contributed by atoms with van der Waals surface area (Å²) in [6, 6.07) is 15.2. The maximum atomic E-state index is 12.6. The number of carbonyl (C=O) groups is 1. The van der Waals surface area contributed by atoms with Crippen LogP contribution in [0.4, 0.5) is 5.69 Å². The van der Waals surface area contributed by atoms with Gasteiger partial charge in [0.1, 0.15) is 5.75 Å². The predicted molar refractivity (Wildman–Crippen MR) is 116 cm³/mol. The minimum Gasteiger partial charge on any atom is -0.493 e. The molecule has 0 unspecified atom stereocenters. The van der Waals surface area contributed by atoms with Crippen LogP contribution in [-0.4, -0.2) is 32.9 Å². The summed E-state index contributed by atoms with van der Waals surface area (Å²) in [5, 5.41) is 12.8. The van der Waals surface area contributed by atoms with Gasteiger partial charge in [-0.15, -0.1) is 0 Å². The van der Waals surface area contributed by atoms with Crippen molar-refractivity contribution in [2.24, 2.45) is 0 Å². The van der Waals surface area contributed by atoms with E-state index in [4.69, 9.17) is 4.74 Å². The van der Waals surface area contributed by atoms with Crippen LogP contribution in [0.5, 0.6) is 11.6 Å². The number of hydrogen-bond donors (Lipinski definition) is 2. The predicted octanol–water partition coefficient (Wildman–Crippen LogP) is 3.83. The average molecular weight is 476 g/mol. The van der Waals surface area contributed by atoms with Gasteiger partial charge in [-0.1, -0.05) is 39.8 Å². The molecule has 0 bridgehead atoms. The van der Waals surface area contributed by atoms with Crippen molar-refractivity contribution in [2.45, 2.75) is 12.1 Å². The number of nitrogens with one attached hydrogen (secondary N) is 1. The zero-order valence-electron chi connectivity index (χ0n) is 15.5. The van der Waals surface area contributed by atoms with Crippen molar-refractivity contribution in [1.29, 1.82) is 0 Å². The molecule has 2 aromatic carbocycles. The molecule has 3 rings (SSSR count). The van der Waals surface area contributed by atoms with Crippen molar-refractivity contribution in [3.63, 3.8) is 0 Å². The van der Waals surface area contributed by atoms with Gasteiger partial charge in [0, 0.05) is 10.2 Å². The van der Waals surface area contributed by atoms with Crippen LogP contribution in [0.15, 0.2) is 69.0 Å². The highest BCUT2D eigenvalue weighted by Crippen LogP contribution is 2.27. The summed E-state index contributed by atoms with van der Waals surface area (Å²) in [6.07, 6.45) is 0. The highest BCUT2D eigenvalue weighted by atomic mass is 79.9. The van der Waals surface area contributed by atoms with E-state index >= 15 is 0 Å². The van der Waals surface area contributed by atoms with Crippen LogP contribution >= 0.6 is 27.7 Å². The Balaban J connectivity index is 1.85. The number of benzene rings is 2. The molecule has 3 aromatic rings. The summed E-state index contributed by atoms with van der Waals surface area (Å²) in [5.74, 6) is -0.163. The number of amides is 1. The molecule has 0 aliphatic heterocycles. The van der Waals surface area contributed by atoms with E-state index in [0.29, 0.717) is 23.7 Å². The normalized spacial score (nSPS) is 10.6. The number of hydrogen-bond acceptors (Lipinski definition) is 6. The summed E-state index contributed by atoms with van der Waals surface area (Å²) < 4.78 is 7.83. The van der Waals surface area contributed by atoms with E-state index in [2.05, 4.69) is 26.2 Å². The largest absolute Gasteiger partial charge is 0.493 e. The number of anilines is 1. The molecule has 0 fully saturated rings. The number of rotatable bonds is 7. The van der Waals surface area contributed by atoms with Gasteiger partial charge in [0.05, 0.1) is 24.1 Å². The minimum absolute atomic E-state index is 0.00274. The molecule has 150 valence electrons. The first-order valence-electron chi connectivity index (χ1n) is 8.71. The van der Waals surface area contributed by atoms with E-state index in [1.807, 2.05) is 19.1 Å². The highest BCUT2D eigenvalue weighted by Gasteiger charge is 2.16. The number of aromatic hydroxyl groups is 1. The van der Waals surface area contributed by atoms with E-state index in [1.165, 1.54) is 4.57 Å². The first-order chi connectivity index (χ1) is 14.0. The highest BCUT2D eigenvalue weighted by molar-refractivity contribution is 9.10. The molecular formula is C20H18BrN3O4S. The van der Waals surface area contributed by atoms with Gasteiger partial charge in [-0.05, 0) is 43.3 Å². The second-order valence-corrected chi connectivity index (χ2v) is 7.67. The summed E-state index contributed by atoms with van der Waals surface area (Å²) in [7, 11) is 0. The van der Waals surface area contributed by atoms with Gasteiger partial charge in [-0.2, -0.15) is 4.98 Å². The lowest BCUT2D eigenvalue weighted by Crippen LogP contribution is -2.22. The molecule has 1 aromatic heterocycles. The van der Waals surface area contributed by atoms with Crippen LogP contribution in [0.2, 0.25) is 0 Å². The molecule has 9 heteroatoms. The zero-order valence-corrected chi connectivity index (χ0v) is 17.9. The Kier molecular flexibility index (Phi) is 6.95. The average Bonchev–Trinajstić information content (AvgIpc) is 2.69. The molecule has 1 amide bonds. The van der Waals surface area contributed by atoms with Gasteiger partial charge in [-0.3, -0.25) is 14.2 Å². The lowest BCUT2D eigenvalue weighted by atomic mass is 10.3. The standard InChI is InChI=1S/C20H18BrN3O4S/c1-2-28-16-6-4-3-5-15(16)24-19(27)11-17(25)23-20(24)29-12-18(26)22-14-9-7-13(21)8-10-14/h3-11,25H,2,12H2,1H3,(H,22,26). The van der Waals surface area contributed by atoms with Gasteiger partial charge >= 0.3 is 0 Å². The zero-order chi connectivity index (χ0) is 20.8. The molecule has 0 radical (unpaired) electrons. The Labute approximate surface area is 179 Å². The van der Waals surface area contributed by atoms with E-state index in [1.54, 1.807) is 36.4 Å². The molecule has 0 spiro atoms. The van der Waals surface area contributed by atoms with E-state index in [0.717, 1.165) is 22.3 Å². The van der Waals surface area contributed by atoms with Crippen molar-refractivity contribution >= 4 is 39.3 Å². The quantitative estimate of drug-likeness (QED) is 0.398. The topological polar surface area (TPSA) is 93.4 Å². The third kappa shape index (κ3) is 5.39. The van der Waals surface area contributed by atoms with Crippen molar-refractivity contribution in [3.8, 4) is 17.3 Å². The van der Waals surface area contributed by atoms with Crippen molar-refractivity contribution in [1.82, 2.24) is 9.55 Å². The molecule has 0 saturated heterocycles. The number of carbonyl (C=O) groups excluding carboxylic acids is 1. The van der Waals surface area contributed by atoms with E-state index in [9.17, 15) is 14.7 Å². The van der Waals surface area contributed by atoms with Crippen LogP contribution in [-0.2, 0) is 4.79 Å². The first-order valence-corrected chi connectivity index (χ1v) is 10.5. The maximum Gasteiger partial charge on any atom is 0.262 e. The Morgan fingerprint density at radius 2 is 1.97 bits per heavy atom. The fourth-order valence-electron chi connectivity index (χ4n) is 2.55. The molecule has 1 heterocycles. The molecule has 29 heavy (non-hydrogen) atoms. The Hall–Kier alpha value is -2.78. The molecule has 0 saturated carbocycles. The van der Waals surface area contributed by atoms with Gasteiger partial charge in [-0.25, -0.2) is 0 Å². The van der Waals surface area contributed by atoms with Crippen LogP contribution in [0, 0.1) is 0 Å². The maximum absolute atomic E-state index is 12.6. The molecule has 0 aliphatic carbocycles. The summed E-state index contributed by atoms with van der Waals surface area (Å²) >= 11 is 4.38. The fourth-order valence-corrected chi connectivity index (χ4v) is 3.62. The SMILES string of the molecule is CCOc1ccccc1-n1c(SCC(=O)Nc2ccc(Br)cc2)nc(O)cc1=O. The van der Waals surface area contributed by atoms with Gasteiger partial charge < -0.3 is 15.2 Å². The fraction of sp³-hybridized carbons (Fsp3) is 0.150. The van der Waals surface area contributed by atoms with Crippen molar-refractivity contribution in [3.05, 3.63) is 69.4 Å². The lowest BCUT2D eigenvalue weighted by Gasteiger charge is -2.15. The first kappa shape index (κ1) is 20.9. The number of thioether (sulfide) groups is 1. The van der Waals surface area contributed by atoms with Crippen LogP contribution in [0.3, 0.4) is 0 Å². The summed E-state index contributed by atoms with van der Waals surface area (Å²) in [5.41, 5.74) is 0.671. The van der Waals surface area contributed by atoms with Gasteiger partial charge in [0.15, 0.2) is 5.16 Å². The molecule has 0 atom stereocenters. The molecule has 7 nitrogen and oxygen atoms in total. The van der Waals surface area contributed by atoms with E-state index in [-0.39, 0.29) is 16.8 Å². The van der Waals surface area contributed by atoms with Crippen LogP contribution in [0.25, 0.3) is 5.69 Å². The molecular weight excluding hydrogens is 458 g/mol. The second kappa shape index (κ2) is 9.62. The smallest absolute Gasteiger partial charge is 0.262 e. The van der Waals surface area contributed by atoms with Gasteiger partial charge in [0.25, 0.3) is 5.56 Å². The molecule has 0 aliphatic rings. The Morgan fingerprint density at radius 3 is 2.69 bits per heavy atom. The van der Waals surface area contributed by atoms with Crippen LogP contribution in [0.1, 0.15) is 6.92 Å². The Morgan fingerprint density at radius 1 is 1.24 bits per heavy atom. The van der Waals surface area contributed by atoms with Crippen LogP contribution < -0.4 is 15.6 Å². The van der Waals surface area contributed by atoms with Crippen molar-refractivity contribution < 1.29 is 14.6 Å². The summed E-state index contributed by atoms with van der Waals surface area (Å²) in [6.45, 7) is 2.27. The van der Waals surface area contributed by atoms with Gasteiger partial charge in [0.2, 0.25) is 11.8 Å². The number of aromatic nitrogens is 2.